The number of amides is 2. The van der Waals surface area contributed by atoms with E-state index in [1.54, 1.807) is 6.92 Å². The van der Waals surface area contributed by atoms with Crippen molar-refractivity contribution in [3.63, 3.8) is 0 Å². The molecule has 9 atom stereocenters. The summed E-state index contributed by atoms with van der Waals surface area (Å²) in [5.74, 6) is 0.0402. The second kappa shape index (κ2) is 14.4. The number of aliphatic hydroxyl groups is 2. The van der Waals surface area contributed by atoms with Crippen molar-refractivity contribution in [2.24, 2.45) is 5.92 Å². The normalized spacial score (nSPS) is 37.4. The number of hydrogen-bond donors (Lipinski definition) is 4. The Morgan fingerprint density at radius 3 is 2.51 bits per heavy atom. The van der Waals surface area contributed by atoms with E-state index in [9.17, 15) is 19.8 Å². The van der Waals surface area contributed by atoms with E-state index in [1.807, 2.05) is 26.0 Å². The molecule has 0 aromatic heterocycles. The summed E-state index contributed by atoms with van der Waals surface area (Å²) in [6.45, 7) is 8.21. The summed E-state index contributed by atoms with van der Waals surface area (Å²) >= 11 is 0. The summed E-state index contributed by atoms with van der Waals surface area (Å²) in [7, 11) is 0. The summed E-state index contributed by atoms with van der Waals surface area (Å²) in [4.78, 5) is 24.9. The van der Waals surface area contributed by atoms with E-state index in [2.05, 4.69) is 23.6 Å². The van der Waals surface area contributed by atoms with E-state index < -0.39 is 23.9 Å². The number of hydrogen-bond acceptors (Lipinski definition) is 7. The van der Waals surface area contributed by atoms with Crippen LogP contribution < -0.4 is 10.6 Å². The minimum absolute atomic E-state index is 0.0155. The first-order valence-corrected chi connectivity index (χ1v) is 15.5. The zero-order valence-corrected chi connectivity index (χ0v) is 25.1. The molecule has 0 aromatic rings. The van der Waals surface area contributed by atoms with Crippen LogP contribution in [-0.4, -0.2) is 82.9 Å². The van der Waals surface area contributed by atoms with Crippen LogP contribution in [0.3, 0.4) is 0 Å². The maximum atomic E-state index is 12.7. The monoisotopic (exact) mass is 574 g/mol. The lowest BCUT2D eigenvalue weighted by Crippen LogP contribution is -2.51. The Morgan fingerprint density at radius 2 is 1.83 bits per heavy atom. The largest absolute Gasteiger partial charge is 0.389 e. The number of nitrogens with one attached hydrogen (secondary N) is 2. The molecule has 3 heterocycles. The Balaban J connectivity index is 1.27. The minimum Gasteiger partial charge on any atom is -0.389 e. The van der Waals surface area contributed by atoms with Gasteiger partial charge >= 0.3 is 0 Å². The summed E-state index contributed by atoms with van der Waals surface area (Å²) in [5, 5.41) is 26.4. The van der Waals surface area contributed by atoms with Crippen molar-refractivity contribution >= 4 is 11.8 Å². The molecule has 9 nitrogen and oxygen atoms in total. The average molecular weight is 575 g/mol. The number of aliphatic hydroxyl groups excluding tert-OH is 2. The van der Waals surface area contributed by atoms with Crippen LogP contribution in [0.5, 0.6) is 0 Å². The highest BCUT2D eigenvalue weighted by atomic mass is 16.6. The highest BCUT2D eigenvalue weighted by Gasteiger charge is 2.58. The van der Waals surface area contributed by atoms with Gasteiger partial charge in [0.15, 0.2) is 0 Å². The number of carbonyl (C=O) groups excluding carboxylic acids is 2. The average Bonchev–Trinajstić information content (AvgIpc) is 3.70. The van der Waals surface area contributed by atoms with Gasteiger partial charge in [0.2, 0.25) is 11.8 Å². The third-order valence-electron chi connectivity index (χ3n) is 8.96. The number of carbonyl (C=O) groups is 2. The molecule has 3 saturated heterocycles. The van der Waals surface area contributed by atoms with E-state index in [-0.39, 0.29) is 54.5 Å². The standard InChI is InChI=1S/C32H50N2O7/c1-20(10-13-27-21(2)16-26(23(4)40-27)34-29(36)15-12-22(3)35)11-14-28-31(38)32(19-39-32)18-25(41-28)17-30(37)33-24-8-6-5-7-9-24/h10-12,14-15,21-28,31,35,38H,5-9,13,16-19H2,1-4H3,(H,33,37)(H,34,36)/b14-11+,15-12-,20-10+/t21-,22-,23+,25+,26+,27-,28+,31+,32+/m0/s1. The van der Waals surface area contributed by atoms with Gasteiger partial charge in [-0.3, -0.25) is 9.59 Å². The van der Waals surface area contributed by atoms with Gasteiger partial charge in [-0.05, 0) is 52.4 Å². The van der Waals surface area contributed by atoms with Gasteiger partial charge in [-0.2, -0.15) is 0 Å². The topological polar surface area (TPSA) is 130 Å². The number of allylic oxidation sites excluding steroid dienone is 2. The molecule has 2 amide bonds. The second-order valence-corrected chi connectivity index (χ2v) is 12.7. The van der Waals surface area contributed by atoms with Crippen molar-refractivity contribution in [1.29, 1.82) is 0 Å². The molecule has 1 saturated carbocycles. The van der Waals surface area contributed by atoms with Crippen molar-refractivity contribution in [2.75, 3.05) is 6.61 Å². The fraction of sp³-hybridized carbons (Fsp3) is 0.750. The molecule has 41 heavy (non-hydrogen) atoms. The Bertz CT molecular complexity index is 983. The molecule has 0 aromatic carbocycles. The van der Waals surface area contributed by atoms with E-state index in [1.165, 1.54) is 31.4 Å². The third-order valence-corrected chi connectivity index (χ3v) is 8.96. The molecule has 4 N–H and O–H groups in total. The van der Waals surface area contributed by atoms with E-state index in [0.29, 0.717) is 13.0 Å². The zero-order chi connectivity index (χ0) is 29.6. The SMILES string of the molecule is CC(/C=C/[C@H]1O[C@H](CC(=O)NC2CCCCC2)C[C@@]2(CO2)[C@@H]1O)=C\C[C@@H]1O[C@H](C)[C@H](NC(=O)/C=C\[C@H](C)O)C[C@@H]1C. The maximum Gasteiger partial charge on any atom is 0.244 e. The van der Waals surface area contributed by atoms with Gasteiger partial charge in [-0.15, -0.1) is 0 Å². The lowest BCUT2D eigenvalue weighted by molar-refractivity contribution is -0.145. The highest BCUT2D eigenvalue weighted by Crippen LogP contribution is 2.43. The van der Waals surface area contributed by atoms with Crippen molar-refractivity contribution < 1.29 is 34.0 Å². The fourth-order valence-corrected chi connectivity index (χ4v) is 6.33. The van der Waals surface area contributed by atoms with Crippen LogP contribution in [0.25, 0.3) is 0 Å². The molecule has 4 rings (SSSR count). The first-order chi connectivity index (χ1) is 19.5. The summed E-state index contributed by atoms with van der Waals surface area (Å²) in [6, 6.07) is 0.179. The molecular formula is C32H50N2O7. The lowest BCUT2D eigenvalue weighted by Gasteiger charge is -2.39. The zero-order valence-electron chi connectivity index (χ0n) is 25.1. The van der Waals surface area contributed by atoms with Gasteiger partial charge < -0.3 is 35.1 Å². The van der Waals surface area contributed by atoms with Gasteiger partial charge in [-0.1, -0.05) is 56.1 Å². The molecular weight excluding hydrogens is 524 g/mol. The molecule has 9 heteroatoms. The first kappa shape index (κ1) is 31.9. The van der Waals surface area contributed by atoms with Crippen molar-refractivity contribution in [2.45, 2.75) is 140 Å². The number of epoxide rings is 1. The van der Waals surface area contributed by atoms with Crippen LogP contribution in [0.15, 0.2) is 36.0 Å². The van der Waals surface area contributed by atoms with Crippen LogP contribution in [0.2, 0.25) is 0 Å². The summed E-state index contributed by atoms with van der Waals surface area (Å²) < 4.78 is 18.2. The molecule has 0 unspecified atom stereocenters. The molecule has 4 fully saturated rings. The quantitative estimate of drug-likeness (QED) is 0.179. The third kappa shape index (κ3) is 9.22. The molecule has 0 radical (unpaired) electrons. The predicted molar refractivity (Wildman–Crippen MR) is 156 cm³/mol. The van der Waals surface area contributed by atoms with Gasteiger partial charge in [-0.25, -0.2) is 0 Å². The van der Waals surface area contributed by atoms with Crippen LogP contribution in [0.1, 0.15) is 85.5 Å². The lowest BCUT2D eigenvalue weighted by atomic mass is 9.87. The first-order valence-electron chi connectivity index (χ1n) is 15.5. The van der Waals surface area contributed by atoms with Gasteiger partial charge in [0.05, 0.1) is 43.5 Å². The molecule has 3 aliphatic heterocycles. The van der Waals surface area contributed by atoms with Gasteiger partial charge in [0, 0.05) is 18.5 Å². The number of ether oxygens (including phenoxy) is 3. The van der Waals surface area contributed by atoms with Crippen LogP contribution in [0, 0.1) is 5.92 Å². The molecule has 1 aliphatic carbocycles. The Hall–Kier alpha value is -2.04. The van der Waals surface area contributed by atoms with E-state index in [4.69, 9.17) is 14.2 Å². The van der Waals surface area contributed by atoms with E-state index >= 15 is 0 Å². The van der Waals surface area contributed by atoms with Crippen LogP contribution in [0.4, 0.5) is 0 Å². The Morgan fingerprint density at radius 1 is 1.10 bits per heavy atom. The van der Waals surface area contributed by atoms with Gasteiger partial charge in [0.1, 0.15) is 17.8 Å². The van der Waals surface area contributed by atoms with Crippen LogP contribution in [-0.2, 0) is 23.8 Å². The van der Waals surface area contributed by atoms with Crippen molar-refractivity contribution in [3.05, 3.63) is 36.0 Å². The molecule has 4 aliphatic rings. The minimum atomic E-state index is -0.769. The van der Waals surface area contributed by atoms with Gasteiger partial charge in [0.25, 0.3) is 0 Å². The van der Waals surface area contributed by atoms with Crippen molar-refractivity contribution in [3.8, 4) is 0 Å². The maximum absolute atomic E-state index is 12.7. The summed E-state index contributed by atoms with van der Waals surface area (Å²) in [5.41, 5.74) is 0.422. The van der Waals surface area contributed by atoms with Crippen molar-refractivity contribution in [1.82, 2.24) is 10.6 Å². The smallest absolute Gasteiger partial charge is 0.244 e. The fourth-order valence-electron chi connectivity index (χ4n) is 6.33. The predicted octanol–water partition coefficient (Wildman–Crippen LogP) is 3.24. The Kier molecular flexibility index (Phi) is 11.2. The van der Waals surface area contributed by atoms with Crippen LogP contribution >= 0.6 is 0 Å². The second-order valence-electron chi connectivity index (χ2n) is 12.7. The highest BCUT2D eigenvalue weighted by molar-refractivity contribution is 5.87. The van der Waals surface area contributed by atoms with E-state index in [0.717, 1.165) is 31.3 Å². The molecule has 0 bridgehead atoms. The molecule has 230 valence electrons. The molecule has 1 spiro atoms. The summed E-state index contributed by atoms with van der Waals surface area (Å²) in [6.07, 6.45) is 14.4. The number of rotatable bonds is 10. The Labute approximate surface area is 244 Å².